The van der Waals surface area contributed by atoms with Gasteiger partial charge in [0, 0.05) is 13.0 Å². The molecule has 1 unspecified atom stereocenters. The Balaban J connectivity index is 0.000000295. The molecule has 1 aliphatic heterocycles. The van der Waals surface area contributed by atoms with E-state index in [1.807, 2.05) is 30.3 Å². The van der Waals surface area contributed by atoms with Crippen LogP contribution in [0.4, 0.5) is 13.2 Å². The minimum Gasteiger partial charge on any atom is -0.475 e. The van der Waals surface area contributed by atoms with Crippen LogP contribution < -0.4 is 11.1 Å². The number of amides is 1. The summed E-state index contributed by atoms with van der Waals surface area (Å²) in [6.45, 7) is 0.461. The summed E-state index contributed by atoms with van der Waals surface area (Å²) in [7, 11) is 0. The number of aliphatic carboxylic acids is 1. The van der Waals surface area contributed by atoms with Crippen LogP contribution in [0.2, 0.25) is 0 Å². The van der Waals surface area contributed by atoms with E-state index in [1.54, 1.807) is 0 Å². The summed E-state index contributed by atoms with van der Waals surface area (Å²) in [5, 5.41) is 10.2. The molecule has 1 atom stereocenters. The second kappa shape index (κ2) is 7.26. The van der Waals surface area contributed by atoms with Crippen molar-refractivity contribution in [3.8, 4) is 0 Å². The van der Waals surface area contributed by atoms with Gasteiger partial charge < -0.3 is 16.2 Å². The number of nitrogens with one attached hydrogen (secondary N) is 1. The van der Waals surface area contributed by atoms with E-state index in [0.717, 1.165) is 18.4 Å². The van der Waals surface area contributed by atoms with Gasteiger partial charge >= 0.3 is 12.1 Å². The van der Waals surface area contributed by atoms with E-state index >= 15 is 0 Å². The molecule has 1 amide bonds. The Morgan fingerprint density at radius 3 is 2.27 bits per heavy atom. The zero-order chi connectivity index (χ0) is 16.8. The zero-order valence-electron chi connectivity index (χ0n) is 11.7. The molecule has 0 radical (unpaired) electrons. The van der Waals surface area contributed by atoms with Crippen LogP contribution in [0.5, 0.6) is 0 Å². The average molecular weight is 318 g/mol. The maximum Gasteiger partial charge on any atom is 0.490 e. The van der Waals surface area contributed by atoms with Gasteiger partial charge in [-0.1, -0.05) is 30.3 Å². The highest BCUT2D eigenvalue weighted by atomic mass is 19.4. The molecule has 0 bridgehead atoms. The molecule has 0 aliphatic carbocycles. The first-order chi connectivity index (χ1) is 10.2. The van der Waals surface area contributed by atoms with Gasteiger partial charge in [0.1, 0.15) is 0 Å². The van der Waals surface area contributed by atoms with Crippen molar-refractivity contribution in [2.24, 2.45) is 5.73 Å². The summed E-state index contributed by atoms with van der Waals surface area (Å²) in [5.74, 6) is -2.65. The van der Waals surface area contributed by atoms with Gasteiger partial charge in [-0.15, -0.1) is 0 Å². The molecular formula is C14H17F3N2O3. The molecule has 1 fully saturated rings. The van der Waals surface area contributed by atoms with Gasteiger partial charge in [0.05, 0.1) is 5.54 Å². The second-order valence-corrected chi connectivity index (χ2v) is 4.86. The molecule has 0 aromatic heterocycles. The first kappa shape index (κ1) is 18.0. The summed E-state index contributed by atoms with van der Waals surface area (Å²) >= 11 is 0. The van der Waals surface area contributed by atoms with Crippen molar-refractivity contribution in [2.45, 2.75) is 31.0 Å². The van der Waals surface area contributed by atoms with Crippen molar-refractivity contribution in [1.29, 1.82) is 0 Å². The lowest BCUT2D eigenvalue weighted by Gasteiger charge is -2.37. The number of rotatable bonds is 2. The van der Waals surface area contributed by atoms with Crippen LogP contribution in [-0.4, -0.2) is 29.7 Å². The molecular weight excluding hydrogens is 301 g/mol. The normalized spacial score (nSPS) is 21.4. The minimum absolute atomic E-state index is 0.107. The maximum absolute atomic E-state index is 11.4. The van der Waals surface area contributed by atoms with Crippen LogP contribution in [0.1, 0.15) is 24.8 Å². The third-order valence-corrected chi connectivity index (χ3v) is 3.30. The summed E-state index contributed by atoms with van der Waals surface area (Å²) in [4.78, 5) is 20.3. The highest BCUT2D eigenvalue weighted by Crippen LogP contribution is 2.29. The molecule has 5 nitrogen and oxygen atoms in total. The lowest BCUT2D eigenvalue weighted by molar-refractivity contribution is -0.192. The first-order valence-electron chi connectivity index (χ1n) is 6.58. The van der Waals surface area contributed by atoms with E-state index < -0.39 is 12.1 Å². The fraction of sp³-hybridized carbons (Fsp3) is 0.429. The molecule has 1 saturated heterocycles. The average Bonchev–Trinajstić information content (AvgIpc) is 2.47. The largest absolute Gasteiger partial charge is 0.490 e. The number of carbonyl (C=O) groups excluding carboxylic acids is 1. The number of hydrogen-bond donors (Lipinski definition) is 3. The Morgan fingerprint density at radius 1 is 1.32 bits per heavy atom. The SMILES string of the molecule is NCC1(c2ccccc2)CCCC(=O)N1.O=C(O)C(F)(F)F. The third kappa shape index (κ3) is 4.73. The Morgan fingerprint density at radius 2 is 1.86 bits per heavy atom. The van der Waals surface area contributed by atoms with Crippen molar-refractivity contribution in [3.63, 3.8) is 0 Å². The molecule has 0 spiro atoms. The second-order valence-electron chi connectivity index (χ2n) is 4.86. The number of carbonyl (C=O) groups is 2. The van der Waals surface area contributed by atoms with Crippen LogP contribution in [0, 0.1) is 0 Å². The molecule has 8 heteroatoms. The highest BCUT2D eigenvalue weighted by Gasteiger charge is 2.38. The van der Waals surface area contributed by atoms with Crippen molar-refractivity contribution in [1.82, 2.24) is 5.32 Å². The van der Waals surface area contributed by atoms with Crippen LogP contribution >= 0.6 is 0 Å². The number of piperidine rings is 1. The number of nitrogens with two attached hydrogens (primary N) is 1. The number of halogens is 3. The van der Waals surface area contributed by atoms with Crippen molar-refractivity contribution < 1.29 is 27.9 Å². The van der Waals surface area contributed by atoms with Crippen LogP contribution in [-0.2, 0) is 15.1 Å². The van der Waals surface area contributed by atoms with Gasteiger partial charge in [0.15, 0.2) is 0 Å². The Hall–Kier alpha value is -2.09. The topological polar surface area (TPSA) is 92.4 Å². The number of hydrogen-bond acceptors (Lipinski definition) is 3. The van der Waals surface area contributed by atoms with Gasteiger partial charge in [-0.05, 0) is 18.4 Å². The van der Waals surface area contributed by atoms with Gasteiger partial charge in [-0.2, -0.15) is 13.2 Å². The van der Waals surface area contributed by atoms with E-state index in [1.165, 1.54) is 0 Å². The van der Waals surface area contributed by atoms with Gasteiger partial charge in [-0.3, -0.25) is 4.79 Å². The van der Waals surface area contributed by atoms with E-state index in [-0.39, 0.29) is 11.4 Å². The predicted molar refractivity (Wildman–Crippen MR) is 72.9 cm³/mol. The lowest BCUT2D eigenvalue weighted by Crippen LogP contribution is -2.53. The van der Waals surface area contributed by atoms with Crippen molar-refractivity contribution in [2.75, 3.05) is 6.54 Å². The monoisotopic (exact) mass is 318 g/mol. The van der Waals surface area contributed by atoms with Crippen LogP contribution in [0.3, 0.4) is 0 Å². The van der Waals surface area contributed by atoms with Gasteiger partial charge in [0.2, 0.25) is 5.91 Å². The third-order valence-electron chi connectivity index (χ3n) is 3.30. The number of carboxylic acids is 1. The standard InChI is InChI=1S/C12H16N2O.C2HF3O2/c13-9-12(8-4-7-11(15)14-12)10-5-2-1-3-6-10;3-2(4,5)1(6)7/h1-3,5-6H,4,7-9,13H2,(H,14,15);(H,6,7). The van der Waals surface area contributed by atoms with Crippen molar-refractivity contribution >= 4 is 11.9 Å². The van der Waals surface area contributed by atoms with Gasteiger partial charge in [0.25, 0.3) is 0 Å². The van der Waals surface area contributed by atoms with Crippen molar-refractivity contribution in [3.05, 3.63) is 35.9 Å². The predicted octanol–water partition coefficient (Wildman–Crippen LogP) is 1.77. The summed E-state index contributed by atoms with van der Waals surface area (Å²) in [6.07, 6.45) is -2.62. The van der Waals surface area contributed by atoms with Crippen LogP contribution in [0.15, 0.2) is 30.3 Å². The number of carboxylic acid groups (broad SMARTS) is 1. The fourth-order valence-electron chi connectivity index (χ4n) is 2.19. The molecule has 1 aromatic carbocycles. The first-order valence-corrected chi connectivity index (χ1v) is 6.58. The van der Waals surface area contributed by atoms with E-state index in [9.17, 15) is 18.0 Å². The summed E-state index contributed by atoms with van der Waals surface area (Å²) in [6, 6.07) is 9.98. The smallest absolute Gasteiger partial charge is 0.475 e. The summed E-state index contributed by atoms with van der Waals surface area (Å²) in [5.41, 5.74) is 6.59. The molecule has 1 aliphatic rings. The Kier molecular flexibility index (Phi) is 5.92. The van der Waals surface area contributed by atoms with Crippen LogP contribution in [0.25, 0.3) is 0 Å². The number of alkyl halides is 3. The Bertz CT molecular complexity index is 520. The number of benzene rings is 1. The highest BCUT2D eigenvalue weighted by molar-refractivity contribution is 5.78. The quantitative estimate of drug-likeness (QED) is 0.775. The molecule has 1 aromatic rings. The minimum atomic E-state index is -5.08. The molecule has 122 valence electrons. The molecule has 4 N–H and O–H groups in total. The van der Waals surface area contributed by atoms with E-state index in [2.05, 4.69) is 5.32 Å². The zero-order valence-corrected chi connectivity index (χ0v) is 11.7. The van der Waals surface area contributed by atoms with E-state index in [4.69, 9.17) is 15.6 Å². The summed E-state index contributed by atoms with van der Waals surface area (Å²) < 4.78 is 31.7. The molecule has 2 rings (SSSR count). The molecule has 1 heterocycles. The molecule has 0 saturated carbocycles. The maximum atomic E-state index is 11.4. The fourth-order valence-corrected chi connectivity index (χ4v) is 2.19. The Labute approximate surface area is 125 Å². The van der Waals surface area contributed by atoms with E-state index in [0.29, 0.717) is 13.0 Å². The molecule has 22 heavy (non-hydrogen) atoms. The van der Waals surface area contributed by atoms with Gasteiger partial charge in [-0.25, -0.2) is 4.79 Å². The lowest BCUT2D eigenvalue weighted by atomic mass is 9.82.